The maximum Gasteiger partial charge on any atom is 0.343 e. The van der Waals surface area contributed by atoms with Gasteiger partial charge < -0.3 is 23.7 Å². The summed E-state index contributed by atoms with van der Waals surface area (Å²) in [5.74, 6) is -1.79. The number of carbonyl (C=O) groups excluding carboxylic acids is 5. The van der Waals surface area contributed by atoms with Crippen LogP contribution in [-0.2, 0) is 41.4 Å². The second-order valence-electron chi connectivity index (χ2n) is 15.3. The Bertz CT molecular complexity index is 2490. The van der Waals surface area contributed by atoms with Crippen molar-refractivity contribution in [1.29, 1.82) is 0 Å². The van der Waals surface area contributed by atoms with Gasteiger partial charge in [-0.3, -0.25) is 0 Å². The van der Waals surface area contributed by atoms with E-state index >= 15 is 0 Å². The summed E-state index contributed by atoms with van der Waals surface area (Å²) in [6, 6.07) is 27.5. The maximum atomic E-state index is 13.5. The fourth-order valence-electron chi connectivity index (χ4n) is 6.45. The minimum Gasteiger partial charge on any atom is -0.462 e. The molecule has 0 radical (unpaired) electrons. The van der Waals surface area contributed by atoms with Gasteiger partial charge in [-0.25, -0.2) is 24.0 Å². The fourth-order valence-corrected chi connectivity index (χ4v) is 6.45. The van der Waals surface area contributed by atoms with E-state index in [1.807, 2.05) is 36.4 Å². The number of unbranched alkanes of at least 4 members (excludes halogenated alkanes) is 1. The van der Waals surface area contributed by atoms with Crippen LogP contribution in [0.2, 0.25) is 0 Å². The second kappa shape index (κ2) is 21.4. The van der Waals surface area contributed by atoms with Crippen LogP contribution < -0.4 is 9.47 Å². The van der Waals surface area contributed by atoms with Gasteiger partial charge in [-0.05, 0) is 134 Å². The van der Waals surface area contributed by atoms with Crippen LogP contribution in [0.4, 0.5) is 0 Å². The van der Waals surface area contributed by atoms with E-state index in [2.05, 4.69) is 38.8 Å². The van der Waals surface area contributed by atoms with E-state index in [-0.39, 0.29) is 48.0 Å². The lowest BCUT2D eigenvalue weighted by Gasteiger charge is -2.14. The predicted molar refractivity (Wildman–Crippen MR) is 236 cm³/mol. The van der Waals surface area contributed by atoms with E-state index in [9.17, 15) is 24.0 Å². The molecule has 0 amide bonds. The summed E-state index contributed by atoms with van der Waals surface area (Å²) in [6.45, 7) is 18.4. The van der Waals surface area contributed by atoms with Crippen LogP contribution in [0.15, 0.2) is 127 Å². The lowest BCUT2D eigenvalue weighted by Crippen LogP contribution is -2.13. The van der Waals surface area contributed by atoms with Crippen LogP contribution in [0, 0.1) is 0 Å². The number of rotatable bonds is 20. The molecule has 0 fully saturated rings. The number of hydrogen-bond acceptors (Lipinski definition) is 10. The molecule has 0 bridgehead atoms. The molecular weight excluding hydrogens is 773 g/mol. The summed E-state index contributed by atoms with van der Waals surface area (Å²) in [6.07, 6.45) is 4.11. The Morgan fingerprint density at radius 3 is 1.67 bits per heavy atom. The lowest BCUT2D eigenvalue weighted by atomic mass is 9.93. The summed E-state index contributed by atoms with van der Waals surface area (Å²) in [4.78, 5) is 62.3. The van der Waals surface area contributed by atoms with E-state index in [1.54, 1.807) is 63.2 Å². The SMILES string of the molecule is C=C(C)C(=O)OCCCCc1ccc2cc(C(=O)Oc3ccc(OC(=O)c4ccc5cc(C(C)CCCOC(=O)C(=C)C)ccc5c4)cc3CCOC(=O)C(=C)C)ccc2c1. The zero-order valence-corrected chi connectivity index (χ0v) is 35.3. The Morgan fingerprint density at radius 1 is 0.525 bits per heavy atom. The summed E-state index contributed by atoms with van der Waals surface area (Å²) >= 11 is 0. The third kappa shape index (κ3) is 13.1. The Labute approximate surface area is 356 Å². The van der Waals surface area contributed by atoms with Crippen molar-refractivity contribution in [3.05, 3.63) is 155 Å². The minimum atomic E-state index is -0.585. The highest BCUT2D eigenvalue weighted by atomic mass is 16.6. The number of ether oxygens (including phenoxy) is 5. The van der Waals surface area contributed by atoms with Gasteiger partial charge in [-0.2, -0.15) is 0 Å². The van der Waals surface area contributed by atoms with Crippen molar-refractivity contribution in [3.8, 4) is 11.5 Å². The smallest absolute Gasteiger partial charge is 0.343 e. The van der Waals surface area contributed by atoms with Gasteiger partial charge in [-0.1, -0.05) is 75.2 Å². The molecule has 0 aliphatic carbocycles. The molecule has 10 nitrogen and oxygen atoms in total. The molecule has 5 aromatic carbocycles. The number of esters is 5. The largest absolute Gasteiger partial charge is 0.462 e. The minimum absolute atomic E-state index is 0.0284. The number of fused-ring (bicyclic) bond motifs is 2. The average Bonchev–Trinajstić information content (AvgIpc) is 3.24. The molecule has 0 saturated heterocycles. The van der Waals surface area contributed by atoms with Gasteiger partial charge in [0.15, 0.2) is 0 Å². The van der Waals surface area contributed by atoms with Crippen LogP contribution in [0.1, 0.15) is 96.7 Å². The zero-order chi connectivity index (χ0) is 44.1. The van der Waals surface area contributed by atoms with Gasteiger partial charge in [0.1, 0.15) is 11.5 Å². The summed E-state index contributed by atoms with van der Waals surface area (Å²) in [5, 5.41) is 3.67. The first kappa shape index (κ1) is 45.3. The first-order chi connectivity index (χ1) is 29.2. The Balaban J connectivity index is 1.24. The first-order valence-corrected chi connectivity index (χ1v) is 20.3. The van der Waals surface area contributed by atoms with Crippen molar-refractivity contribution in [2.24, 2.45) is 0 Å². The fraction of sp³-hybridized carbons (Fsp3) is 0.275. The molecule has 316 valence electrons. The molecule has 0 saturated carbocycles. The topological polar surface area (TPSA) is 132 Å². The van der Waals surface area contributed by atoms with Crippen LogP contribution in [-0.4, -0.2) is 49.7 Å². The molecule has 10 heteroatoms. The molecule has 61 heavy (non-hydrogen) atoms. The summed E-state index contributed by atoms with van der Waals surface area (Å²) in [5.41, 5.74) is 4.45. The lowest BCUT2D eigenvalue weighted by molar-refractivity contribution is -0.139. The predicted octanol–water partition coefficient (Wildman–Crippen LogP) is 10.5. The second-order valence-corrected chi connectivity index (χ2v) is 15.3. The highest BCUT2D eigenvalue weighted by molar-refractivity contribution is 5.98. The van der Waals surface area contributed by atoms with E-state index in [0.29, 0.717) is 41.1 Å². The van der Waals surface area contributed by atoms with Crippen LogP contribution in [0.5, 0.6) is 11.5 Å². The van der Waals surface area contributed by atoms with E-state index in [0.717, 1.165) is 64.8 Å². The van der Waals surface area contributed by atoms with E-state index in [1.165, 1.54) is 0 Å². The van der Waals surface area contributed by atoms with Crippen molar-refractivity contribution in [1.82, 2.24) is 0 Å². The van der Waals surface area contributed by atoms with E-state index in [4.69, 9.17) is 23.7 Å². The molecule has 0 N–H and O–H groups in total. The molecular formula is C51H52O10. The Kier molecular flexibility index (Phi) is 15.9. The van der Waals surface area contributed by atoms with Crippen molar-refractivity contribution in [2.75, 3.05) is 19.8 Å². The van der Waals surface area contributed by atoms with Gasteiger partial charge in [0, 0.05) is 28.7 Å². The highest BCUT2D eigenvalue weighted by Gasteiger charge is 2.18. The maximum absolute atomic E-state index is 13.5. The molecule has 0 spiro atoms. The third-order valence-corrected chi connectivity index (χ3v) is 10.0. The molecule has 5 aromatic rings. The van der Waals surface area contributed by atoms with Gasteiger partial charge >= 0.3 is 29.8 Å². The van der Waals surface area contributed by atoms with Crippen molar-refractivity contribution >= 4 is 51.4 Å². The Hall–Kier alpha value is -6.81. The van der Waals surface area contributed by atoms with Crippen molar-refractivity contribution < 1.29 is 47.7 Å². The number of aryl methyl sites for hydroxylation is 1. The summed E-state index contributed by atoms with van der Waals surface area (Å²) < 4.78 is 27.4. The standard InChI is InChI=1S/C51H52O10/c1-32(2)47(52)57-24-9-8-12-36-13-14-39-29-44(19-17-38(39)27-36)51(56)61-46-22-21-45(31-42(46)23-26-59-49(54)34(5)6)60-50(55)43-20-18-40-28-37(15-16-41(40)30-43)35(7)11-10-25-58-48(53)33(3)4/h13-22,27-31,35H,1,3,5,8-12,23-26H2,2,4,6-7H3. The highest BCUT2D eigenvalue weighted by Crippen LogP contribution is 2.29. The number of benzene rings is 5. The molecule has 5 rings (SSSR count). The van der Waals surface area contributed by atoms with Crippen LogP contribution in [0.25, 0.3) is 21.5 Å². The van der Waals surface area contributed by atoms with E-state index < -0.39 is 17.9 Å². The quantitative estimate of drug-likeness (QED) is 0.0246. The Morgan fingerprint density at radius 2 is 1.05 bits per heavy atom. The van der Waals surface area contributed by atoms with Gasteiger partial charge in [0.25, 0.3) is 0 Å². The zero-order valence-electron chi connectivity index (χ0n) is 35.3. The van der Waals surface area contributed by atoms with Crippen LogP contribution >= 0.6 is 0 Å². The molecule has 1 unspecified atom stereocenters. The van der Waals surface area contributed by atoms with Crippen LogP contribution in [0.3, 0.4) is 0 Å². The van der Waals surface area contributed by atoms with Gasteiger partial charge in [0.2, 0.25) is 0 Å². The average molecular weight is 825 g/mol. The molecule has 0 aliphatic heterocycles. The third-order valence-electron chi connectivity index (χ3n) is 10.0. The molecule has 1 atom stereocenters. The van der Waals surface area contributed by atoms with Crippen molar-refractivity contribution in [2.45, 2.75) is 72.1 Å². The number of carbonyl (C=O) groups is 5. The molecule has 0 heterocycles. The molecule has 0 aliphatic rings. The van der Waals surface area contributed by atoms with Gasteiger partial charge in [-0.15, -0.1) is 0 Å². The van der Waals surface area contributed by atoms with Crippen molar-refractivity contribution in [3.63, 3.8) is 0 Å². The monoisotopic (exact) mass is 824 g/mol. The summed E-state index contributed by atoms with van der Waals surface area (Å²) in [7, 11) is 0. The normalized spacial score (nSPS) is 11.3. The van der Waals surface area contributed by atoms with Gasteiger partial charge in [0.05, 0.1) is 30.9 Å². The first-order valence-electron chi connectivity index (χ1n) is 20.3. The molecule has 0 aromatic heterocycles. The number of hydrogen-bond donors (Lipinski definition) is 0.